The summed E-state index contributed by atoms with van der Waals surface area (Å²) in [7, 11) is -1.68. The van der Waals surface area contributed by atoms with Crippen molar-refractivity contribution in [2.24, 2.45) is 0 Å². The molecule has 0 saturated carbocycles. The minimum absolute atomic E-state index is 0.267. The standard InChI is InChI=1S/C13H18N4O4S/c1-9-11-7-10(8-15-13(11)21-16-9)12(18)14-5-4-6-17(2)22(3,19)20/h7-8H,4-6H2,1-3H3,(H,14,18). The van der Waals surface area contributed by atoms with Crippen molar-refractivity contribution in [1.82, 2.24) is 19.8 Å². The van der Waals surface area contributed by atoms with E-state index >= 15 is 0 Å². The molecule has 1 amide bonds. The number of fused-ring (bicyclic) bond motifs is 1. The minimum atomic E-state index is -3.19. The number of sulfonamides is 1. The van der Waals surface area contributed by atoms with Crippen molar-refractivity contribution in [3.05, 3.63) is 23.5 Å². The Labute approximate surface area is 128 Å². The van der Waals surface area contributed by atoms with Crippen LogP contribution >= 0.6 is 0 Å². The Hall–Kier alpha value is -2.00. The molecule has 8 nitrogen and oxygen atoms in total. The van der Waals surface area contributed by atoms with Gasteiger partial charge in [0.2, 0.25) is 10.0 Å². The van der Waals surface area contributed by atoms with Gasteiger partial charge in [-0.1, -0.05) is 5.16 Å². The van der Waals surface area contributed by atoms with E-state index in [4.69, 9.17) is 4.52 Å². The second kappa shape index (κ2) is 6.41. The van der Waals surface area contributed by atoms with Gasteiger partial charge in [-0.15, -0.1) is 0 Å². The first-order valence-corrected chi connectivity index (χ1v) is 8.55. The zero-order chi connectivity index (χ0) is 16.3. The molecule has 0 saturated heterocycles. The molecule has 0 aliphatic rings. The van der Waals surface area contributed by atoms with Crippen molar-refractivity contribution >= 4 is 27.0 Å². The summed E-state index contributed by atoms with van der Waals surface area (Å²) in [5, 5.41) is 7.21. The lowest BCUT2D eigenvalue weighted by molar-refractivity contribution is 0.0952. The van der Waals surface area contributed by atoms with Crippen LogP contribution in [0.4, 0.5) is 0 Å². The third kappa shape index (κ3) is 3.80. The van der Waals surface area contributed by atoms with Gasteiger partial charge in [-0.3, -0.25) is 4.79 Å². The number of aromatic nitrogens is 2. The van der Waals surface area contributed by atoms with Crippen LogP contribution in [-0.2, 0) is 10.0 Å². The molecule has 2 aromatic heterocycles. The van der Waals surface area contributed by atoms with Gasteiger partial charge in [0, 0.05) is 26.3 Å². The van der Waals surface area contributed by atoms with Crippen LogP contribution in [0.3, 0.4) is 0 Å². The van der Waals surface area contributed by atoms with Crippen molar-refractivity contribution in [3.63, 3.8) is 0 Å². The van der Waals surface area contributed by atoms with Crippen LogP contribution in [0.5, 0.6) is 0 Å². The van der Waals surface area contributed by atoms with E-state index in [0.717, 1.165) is 6.26 Å². The Morgan fingerprint density at radius 2 is 2.18 bits per heavy atom. The van der Waals surface area contributed by atoms with Crippen LogP contribution in [0.1, 0.15) is 22.5 Å². The van der Waals surface area contributed by atoms with E-state index in [1.165, 1.54) is 17.5 Å². The molecule has 0 aliphatic carbocycles. The number of nitrogens with zero attached hydrogens (tertiary/aromatic N) is 3. The SMILES string of the molecule is Cc1noc2ncc(C(=O)NCCCN(C)S(C)(=O)=O)cc12. The zero-order valence-corrected chi connectivity index (χ0v) is 13.5. The maximum atomic E-state index is 12.0. The first kappa shape index (κ1) is 16.4. The molecule has 120 valence electrons. The van der Waals surface area contributed by atoms with Crippen LogP contribution in [0.25, 0.3) is 11.1 Å². The highest BCUT2D eigenvalue weighted by atomic mass is 32.2. The van der Waals surface area contributed by atoms with E-state index in [9.17, 15) is 13.2 Å². The number of carbonyl (C=O) groups is 1. The molecule has 9 heteroatoms. The fourth-order valence-electron chi connectivity index (χ4n) is 1.84. The monoisotopic (exact) mass is 326 g/mol. The van der Waals surface area contributed by atoms with Gasteiger partial charge in [0.25, 0.3) is 11.6 Å². The number of rotatable bonds is 6. The van der Waals surface area contributed by atoms with Crippen LogP contribution < -0.4 is 5.32 Å². The summed E-state index contributed by atoms with van der Waals surface area (Å²) >= 11 is 0. The van der Waals surface area contributed by atoms with E-state index < -0.39 is 10.0 Å². The summed E-state index contributed by atoms with van der Waals surface area (Å²) in [6.45, 7) is 2.50. The summed E-state index contributed by atoms with van der Waals surface area (Å²) in [5.41, 5.74) is 1.48. The first-order chi connectivity index (χ1) is 10.3. The van der Waals surface area contributed by atoms with E-state index in [2.05, 4.69) is 15.5 Å². The van der Waals surface area contributed by atoms with E-state index in [0.29, 0.717) is 41.9 Å². The van der Waals surface area contributed by atoms with Gasteiger partial charge in [-0.25, -0.2) is 17.7 Å². The lowest BCUT2D eigenvalue weighted by Crippen LogP contribution is -2.30. The van der Waals surface area contributed by atoms with Crippen LogP contribution in [0.15, 0.2) is 16.8 Å². The van der Waals surface area contributed by atoms with Crippen molar-refractivity contribution in [2.75, 3.05) is 26.4 Å². The molecule has 0 unspecified atom stereocenters. The molecule has 0 aliphatic heterocycles. The summed E-state index contributed by atoms with van der Waals surface area (Å²) in [6.07, 6.45) is 3.09. The van der Waals surface area contributed by atoms with Crippen molar-refractivity contribution in [1.29, 1.82) is 0 Å². The molecular weight excluding hydrogens is 308 g/mol. The Bertz CT molecular complexity index is 784. The molecule has 0 aromatic carbocycles. The summed E-state index contributed by atoms with van der Waals surface area (Å²) in [4.78, 5) is 16.1. The van der Waals surface area contributed by atoms with E-state index in [1.807, 2.05) is 0 Å². The van der Waals surface area contributed by atoms with Crippen molar-refractivity contribution < 1.29 is 17.7 Å². The number of carbonyl (C=O) groups excluding carboxylic acids is 1. The first-order valence-electron chi connectivity index (χ1n) is 6.70. The van der Waals surface area contributed by atoms with Gasteiger partial charge in [-0.05, 0) is 19.4 Å². The summed E-state index contributed by atoms with van der Waals surface area (Å²) < 4.78 is 28.7. The Kier molecular flexibility index (Phi) is 4.77. The van der Waals surface area contributed by atoms with Gasteiger partial charge < -0.3 is 9.84 Å². The topological polar surface area (TPSA) is 105 Å². The van der Waals surface area contributed by atoms with E-state index in [-0.39, 0.29) is 5.91 Å². The second-order valence-corrected chi connectivity index (χ2v) is 7.13. The number of nitrogens with one attached hydrogen (secondary N) is 1. The fraction of sp³-hybridized carbons (Fsp3) is 0.462. The lowest BCUT2D eigenvalue weighted by atomic mass is 10.2. The maximum absolute atomic E-state index is 12.0. The molecule has 22 heavy (non-hydrogen) atoms. The number of pyridine rings is 1. The highest BCUT2D eigenvalue weighted by molar-refractivity contribution is 7.88. The van der Waals surface area contributed by atoms with Crippen LogP contribution in [-0.4, -0.2) is 55.2 Å². The largest absolute Gasteiger partial charge is 0.352 e. The van der Waals surface area contributed by atoms with Crippen LogP contribution in [0.2, 0.25) is 0 Å². The Morgan fingerprint density at radius 1 is 1.45 bits per heavy atom. The average molecular weight is 326 g/mol. The van der Waals surface area contributed by atoms with Crippen molar-refractivity contribution in [2.45, 2.75) is 13.3 Å². The highest BCUT2D eigenvalue weighted by Gasteiger charge is 2.12. The average Bonchev–Trinajstić information content (AvgIpc) is 2.83. The van der Waals surface area contributed by atoms with Gasteiger partial charge in [0.05, 0.1) is 22.9 Å². The van der Waals surface area contributed by atoms with Gasteiger partial charge in [0.15, 0.2) is 0 Å². The Balaban J connectivity index is 1.90. The molecule has 0 fully saturated rings. The summed E-state index contributed by atoms with van der Waals surface area (Å²) in [5.74, 6) is -0.267. The third-order valence-corrected chi connectivity index (χ3v) is 4.59. The predicted molar refractivity (Wildman–Crippen MR) is 81.0 cm³/mol. The molecule has 0 atom stereocenters. The molecule has 2 heterocycles. The van der Waals surface area contributed by atoms with Crippen molar-refractivity contribution in [3.8, 4) is 0 Å². The van der Waals surface area contributed by atoms with Crippen LogP contribution in [0, 0.1) is 6.92 Å². The minimum Gasteiger partial charge on any atom is -0.352 e. The maximum Gasteiger partial charge on any atom is 0.257 e. The molecular formula is C13H18N4O4S. The fourth-order valence-corrected chi connectivity index (χ4v) is 2.30. The predicted octanol–water partition coefficient (Wildman–Crippen LogP) is 0.543. The number of hydrogen-bond donors (Lipinski definition) is 1. The smallest absolute Gasteiger partial charge is 0.257 e. The number of aryl methyl sites for hydroxylation is 1. The molecule has 0 bridgehead atoms. The summed E-state index contributed by atoms with van der Waals surface area (Å²) in [6, 6.07) is 1.67. The molecule has 1 N–H and O–H groups in total. The Morgan fingerprint density at radius 3 is 2.86 bits per heavy atom. The zero-order valence-electron chi connectivity index (χ0n) is 12.7. The molecule has 0 radical (unpaired) electrons. The van der Waals surface area contributed by atoms with Gasteiger partial charge in [-0.2, -0.15) is 0 Å². The lowest BCUT2D eigenvalue weighted by Gasteiger charge is -2.13. The third-order valence-electron chi connectivity index (χ3n) is 3.27. The van der Waals surface area contributed by atoms with E-state index in [1.54, 1.807) is 13.0 Å². The van der Waals surface area contributed by atoms with Gasteiger partial charge >= 0.3 is 0 Å². The second-order valence-electron chi connectivity index (χ2n) is 5.04. The normalized spacial score (nSPS) is 12.0. The quantitative estimate of drug-likeness (QED) is 0.777. The molecule has 0 spiro atoms. The molecule has 2 rings (SSSR count). The number of hydrogen-bond acceptors (Lipinski definition) is 6. The van der Waals surface area contributed by atoms with Gasteiger partial charge in [0.1, 0.15) is 0 Å². The molecule has 2 aromatic rings. The highest BCUT2D eigenvalue weighted by Crippen LogP contribution is 2.16. The number of amides is 1.